The van der Waals surface area contributed by atoms with Gasteiger partial charge in [-0.3, -0.25) is 0 Å². The molecule has 8 heteroatoms. The van der Waals surface area contributed by atoms with Crippen LogP contribution in [0.15, 0.2) is 60.0 Å². The van der Waals surface area contributed by atoms with Gasteiger partial charge in [-0.05, 0) is 65.4 Å². The van der Waals surface area contributed by atoms with Crippen LogP contribution in [0.2, 0.25) is 0 Å². The molecule has 0 aliphatic carbocycles. The summed E-state index contributed by atoms with van der Waals surface area (Å²) in [6, 6.07) is 14.2. The predicted octanol–water partition coefficient (Wildman–Crippen LogP) is 5.65. The number of carbonyl (C=O) groups is 1. The number of amides is 2. The average Bonchev–Trinajstić information content (AvgIpc) is 3.20. The second-order valence-electron chi connectivity index (χ2n) is 7.09. The first kappa shape index (κ1) is 20.3. The van der Waals surface area contributed by atoms with Gasteiger partial charge >= 0.3 is 12.2 Å². The number of fused-ring (bicyclic) bond motifs is 1. The molecule has 1 aliphatic heterocycles. The van der Waals surface area contributed by atoms with Gasteiger partial charge in [0.05, 0.1) is 5.56 Å². The molecule has 156 valence electrons. The molecule has 0 fully saturated rings. The molecule has 4 rings (SSSR count). The Morgan fingerprint density at radius 2 is 1.90 bits per heavy atom. The molecule has 30 heavy (non-hydrogen) atoms. The maximum Gasteiger partial charge on any atom is 0.416 e. The van der Waals surface area contributed by atoms with Crippen LogP contribution < -0.4 is 15.5 Å². The Labute approximate surface area is 176 Å². The lowest BCUT2D eigenvalue weighted by Crippen LogP contribution is -2.29. The van der Waals surface area contributed by atoms with Gasteiger partial charge < -0.3 is 15.5 Å². The summed E-state index contributed by atoms with van der Waals surface area (Å²) in [5.74, 6) is 0. The highest BCUT2D eigenvalue weighted by molar-refractivity contribution is 7.10. The summed E-state index contributed by atoms with van der Waals surface area (Å²) in [5.41, 5.74) is 2.72. The number of hydrogen-bond donors (Lipinski definition) is 2. The summed E-state index contributed by atoms with van der Waals surface area (Å²) in [5, 5.41) is 7.42. The summed E-state index contributed by atoms with van der Waals surface area (Å²) in [6.45, 7) is 1.84. The Bertz CT molecular complexity index is 1030. The van der Waals surface area contributed by atoms with E-state index in [0.29, 0.717) is 11.3 Å². The van der Waals surface area contributed by atoms with Crippen molar-refractivity contribution in [3.8, 4) is 0 Å². The normalized spacial score (nSPS) is 13.6. The molecule has 3 aromatic rings. The Morgan fingerprint density at radius 1 is 1.10 bits per heavy atom. The number of hydrogen-bond acceptors (Lipinski definition) is 3. The van der Waals surface area contributed by atoms with E-state index >= 15 is 0 Å². The summed E-state index contributed by atoms with van der Waals surface area (Å²) >= 11 is 1.80. The van der Waals surface area contributed by atoms with Crippen LogP contribution in [0, 0.1) is 0 Å². The van der Waals surface area contributed by atoms with Gasteiger partial charge in [-0.1, -0.05) is 12.1 Å². The van der Waals surface area contributed by atoms with Gasteiger partial charge in [0.1, 0.15) is 0 Å². The van der Waals surface area contributed by atoms with Crippen LogP contribution >= 0.6 is 11.3 Å². The van der Waals surface area contributed by atoms with E-state index in [4.69, 9.17) is 0 Å². The van der Waals surface area contributed by atoms with Gasteiger partial charge in [-0.15, -0.1) is 11.3 Å². The lowest BCUT2D eigenvalue weighted by Gasteiger charge is -2.29. The SMILES string of the molecule is O=C(NCc1cccc(C(F)(F)F)c1)Nc1ccc(N2CCc3sccc3C2)cc1. The molecule has 0 atom stereocenters. The summed E-state index contributed by atoms with van der Waals surface area (Å²) in [6.07, 6.45) is -3.37. The number of thiophene rings is 1. The molecule has 2 N–H and O–H groups in total. The number of rotatable bonds is 4. The number of carbonyl (C=O) groups excluding carboxylic acids is 1. The minimum absolute atomic E-state index is 0.00455. The van der Waals surface area contributed by atoms with Gasteiger partial charge in [-0.25, -0.2) is 4.79 Å². The number of anilines is 2. The van der Waals surface area contributed by atoms with Crippen molar-refractivity contribution in [2.75, 3.05) is 16.8 Å². The summed E-state index contributed by atoms with van der Waals surface area (Å²) < 4.78 is 38.3. The molecule has 4 nitrogen and oxygen atoms in total. The van der Waals surface area contributed by atoms with Crippen LogP contribution in [0.5, 0.6) is 0 Å². The number of alkyl halides is 3. The molecule has 0 spiro atoms. The van der Waals surface area contributed by atoms with E-state index in [9.17, 15) is 18.0 Å². The third kappa shape index (κ3) is 4.76. The second-order valence-corrected chi connectivity index (χ2v) is 8.09. The molecule has 0 unspecified atom stereocenters. The summed E-state index contributed by atoms with van der Waals surface area (Å²) in [7, 11) is 0. The van der Waals surface area contributed by atoms with Crippen molar-refractivity contribution in [2.24, 2.45) is 0 Å². The topological polar surface area (TPSA) is 44.4 Å². The highest BCUT2D eigenvalue weighted by Gasteiger charge is 2.30. The maximum absolute atomic E-state index is 12.8. The smallest absolute Gasteiger partial charge is 0.367 e. The van der Waals surface area contributed by atoms with Crippen LogP contribution in [0.3, 0.4) is 0 Å². The molecule has 0 saturated heterocycles. The number of benzene rings is 2. The highest BCUT2D eigenvalue weighted by Crippen LogP contribution is 2.30. The fraction of sp³-hybridized carbons (Fsp3) is 0.227. The van der Waals surface area contributed by atoms with Crippen molar-refractivity contribution in [1.29, 1.82) is 0 Å². The molecular weight excluding hydrogens is 411 g/mol. The van der Waals surface area contributed by atoms with Gasteiger partial charge in [-0.2, -0.15) is 13.2 Å². The van der Waals surface area contributed by atoms with Crippen molar-refractivity contribution >= 4 is 28.7 Å². The quantitative estimate of drug-likeness (QED) is 0.561. The van der Waals surface area contributed by atoms with E-state index in [-0.39, 0.29) is 6.54 Å². The highest BCUT2D eigenvalue weighted by atomic mass is 32.1. The maximum atomic E-state index is 12.8. The first-order valence-electron chi connectivity index (χ1n) is 9.50. The lowest BCUT2D eigenvalue weighted by molar-refractivity contribution is -0.137. The zero-order valence-electron chi connectivity index (χ0n) is 16.0. The monoisotopic (exact) mass is 431 g/mol. The van der Waals surface area contributed by atoms with Gasteiger partial charge in [0, 0.05) is 35.9 Å². The fourth-order valence-corrected chi connectivity index (χ4v) is 4.33. The van der Waals surface area contributed by atoms with Crippen LogP contribution in [-0.2, 0) is 25.7 Å². The minimum Gasteiger partial charge on any atom is -0.367 e. The third-order valence-electron chi connectivity index (χ3n) is 5.01. The number of halogens is 3. The summed E-state index contributed by atoms with van der Waals surface area (Å²) in [4.78, 5) is 15.9. The number of nitrogens with zero attached hydrogens (tertiary/aromatic N) is 1. The van der Waals surface area contributed by atoms with E-state index in [2.05, 4.69) is 27.0 Å². The predicted molar refractivity (Wildman–Crippen MR) is 113 cm³/mol. The lowest BCUT2D eigenvalue weighted by atomic mass is 10.1. The number of urea groups is 1. The molecular formula is C22H20F3N3OS. The first-order chi connectivity index (χ1) is 14.4. The molecule has 2 aromatic carbocycles. The fourth-order valence-electron chi connectivity index (χ4n) is 3.44. The van der Waals surface area contributed by atoms with Gasteiger partial charge in [0.15, 0.2) is 0 Å². The third-order valence-corrected chi connectivity index (χ3v) is 6.03. The first-order valence-corrected chi connectivity index (χ1v) is 10.4. The molecule has 0 bridgehead atoms. The van der Waals surface area contributed by atoms with E-state index in [1.807, 2.05) is 24.3 Å². The largest absolute Gasteiger partial charge is 0.416 e. The molecule has 0 saturated carbocycles. The Kier molecular flexibility index (Phi) is 5.67. The van der Waals surface area contributed by atoms with E-state index in [1.165, 1.54) is 16.5 Å². The zero-order valence-corrected chi connectivity index (χ0v) is 16.8. The van der Waals surface area contributed by atoms with Crippen molar-refractivity contribution in [3.63, 3.8) is 0 Å². The molecule has 2 heterocycles. The number of nitrogens with one attached hydrogen (secondary N) is 2. The Morgan fingerprint density at radius 3 is 2.67 bits per heavy atom. The van der Waals surface area contributed by atoms with Gasteiger partial charge in [0.25, 0.3) is 0 Å². The molecule has 1 aromatic heterocycles. The van der Waals surface area contributed by atoms with Crippen molar-refractivity contribution in [3.05, 3.63) is 81.5 Å². The average molecular weight is 431 g/mol. The van der Waals surface area contributed by atoms with E-state index in [0.717, 1.165) is 37.3 Å². The Hall–Kier alpha value is -3.00. The van der Waals surface area contributed by atoms with Gasteiger partial charge in [0.2, 0.25) is 0 Å². The van der Waals surface area contributed by atoms with Crippen molar-refractivity contribution in [1.82, 2.24) is 5.32 Å². The van der Waals surface area contributed by atoms with Crippen LogP contribution in [0.4, 0.5) is 29.3 Å². The molecule has 2 amide bonds. The standard InChI is InChI=1S/C22H20F3N3OS/c23-22(24,25)17-3-1-2-15(12-17)13-26-21(29)27-18-4-6-19(7-5-18)28-10-8-20-16(14-28)9-11-30-20/h1-7,9,11-12H,8,10,13-14H2,(H2,26,27,29). The van der Waals surface area contributed by atoms with E-state index in [1.54, 1.807) is 17.4 Å². The van der Waals surface area contributed by atoms with E-state index < -0.39 is 17.8 Å². The molecule has 0 radical (unpaired) electrons. The van der Waals surface area contributed by atoms with Crippen LogP contribution in [-0.4, -0.2) is 12.6 Å². The Balaban J connectivity index is 1.31. The van der Waals surface area contributed by atoms with Crippen molar-refractivity contribution < 1.29 is 18.0 Å². The second kappa shape index (κ2) is 8.39. The van der Waals surface area contributed by atoms with Crippen LogP contribution in [0.1, 0.15) is 21.6 Å². The zero-order chi connectivity index (χ0) is 21.1. The molecule has 1 aliphatic rings. The minimum atomic E-state index is -4.40. The van der Waals surface area contributed by atoms with Crippen molar-refractivity contribution in [2.45, 2.75) is 25.7 Å². The van der Waals surface area contributed by atoms with Crippen LogP contribution in [0.25, 0.3) is 0 Å².